The molecule has 2 amide bonds. The van der Waals surface area contributed by atoms with Gasteiger partial charge in [0.05, 0.1) is 0 Å². The molecule has 132 valence electrons. The third-order valence-electron chi connectivity index (χ3n) is 3.05. The standard InChI is InChI=1S/C15H19F3N4O2/c1-9(21-14(24)15(16,17)18)8-11(20-2)12(19)13(23)22-10-6-4-3-5-7-10/h3-7,9,20H,8,19H2,1-2H3,(H,21,24)(H,22,23)/b12-11+/t9-/m0/s1. The van der Waals surface area contributed by atoms with Crippen molar-refractivity contribution in [1.29, 1.82) is 0 Å². The van der Waals surface area contributed by atoms with Gasteiger partial charge >= 0.3 is 12.1 Å². The molecule has 5 N–H and O–H groups in total. The summed E-state index contributed by atoms with van der Waals surface area (Å²) < 4.78 is 36.7. The van der Waals surface area contributed by atoms with Crippen molar-refractivity contribution in [3.8, 4) is 0 Å². The molecule has 0 aromatic heterocycles. The smallest absolute Gasteiger partial charge is 0.393 e. The number of nitrogens with two attached hydrogens (primary N) is 1. The third-order valence-corrected chi connectivity index (χ3v) is 3.05. The summed E-state index contributed by atoms with van der Waals surface area (Å²) in [5.74, 6) is -2.64. The Balaban J connectivity index is 2.76. The normalized spacial score (nSPS) is 13.5. The van der Waals surface area contributed by atoms with Gasteiger partial charge in [0.15, 0.2) is 0 Å². The minimum Gasteiger partial charge on any atom is -0.393 e. The van der Waals surface area contributed by atoms with Crippen LogP contribution in [0.15, 0.2) is 41.7 Å². The average molecular weight is 344 g/mol. The molecule has 1 aromatic rings. The lowest BCUT2D eigenvalue weighted by atomic mass is 10.1. The topological polar surface area (TPSA) is 96.2 Å². The molecule has 0 aliphatic heterocycles. The molecular weight excluding hydrogens is 325 g/mol. The summed E-state index contributed by atoms with van der Waals surface area (Å²) in [6.45, 7) is 1.38. The Morgan fingerprint density at radius 1 is 1.21 bits per heavy atom. The molecule has 9 heteroatoms. The Hall–Kier alpha value is -2.71. The largest absolute Gasteiger partial charge is 0.471 e. The van der Waals surface area contributed by atoms with E-state index < -0.39 is 24.0 Å². The minimum absolute atomic E-state index is 0.0631. The van der Waals surface area contributed by atoms with Crippen LogP contribution >= 0.6 is 0 Å². The van der Waals surface area contributed by atoms with Gasteiger partial charge in [0.2, 0.25) is 0 Å². The Labute approximate surface area is 137 Å². The number of anilines is 1. The van der Waals surface area contributed by atoms with E-state index in [-0.39, 0.29) is 17.8 Å². The van der Waals surface area contributed by atoms with Gasteiger partial charge in [0, 0.05) is 30.9 Å². The van der Waals surface area contributed by atoms with E-state index in [1.165, 1.54) is 14.0 Å². The fraction of sp³-hybridized carbons (Fsp3) is 0.333. The highest BCUT2D eigenvalue weighted by atomic mass is 19.4. The first-order valence-corrected chi connectivity index (χ1v) is 7.05. The van der Waals surface area contributed by atoms with E-state index in [0.29, 0.717) is 5.69 Å². The van der Waals surface area contributed by atoms with Gasteiger partial charge in [-0.25, -0.2) is 0 Å². The molecule has 0 saturated heterocycles. The van der Waals surface area contributed by atoms with E-state index >= 15 is 0 Å². The molecule has 1 atom stereocenters. The highest BCUT2D eigenvalue weighted by Crippen LogP contribution is 2.16. The van der Waals surface area contributed by atoms with Gasteiger partial charge in [-0.2, -0.15) is 13.2 Å². The quantitative estimate of drug-likeness (QED) is 0.588. The van der Waals surface area contributed by atoms with Crippen molar-refractivity contribution in [2.45, 2.75) is 25.6 Å². The molecule has 24 heavy (non-hydrogen) atoms. The lowest BCUT2D eigenvalue weighted by Gasteiger charge is -2.18. The van der Waals surface area contributed by atoms with Crippen molar-refractivity contribution in [3.05, 3.63) is 41.7 Å². The summed E-state index contributed by atoms with van der Waals surface area (Å²) in [6, 6.07) is 7.68. The lowest BCUT2D eigenvalue weighted by Crippen LogP contribution is -2.42. The summed E-state index contributed by atoms with van der Waals surface area (Å²) in [5, 5.41) is 7.04. The Kier molecular flexibility index (Phi) is 6.63. The van der Waals surface area contributed by atoms with E-state index in [9.17, 15) is 22.8 Å². The molecule has 0 fully saturated rings. The molecular formula is C15H19F3N4O2. The summed E-state index contributed by atoms with van der Waals surface area (Å²) in [7, 11) is 1.48. The second kappa shape index (κ2) is 8.23. The van der Waals surface area contributed by atoms with E-state index in [4.69, 9.17) is 5.73 Å². The van der Waals surface area contributed by atoms with Crippen LogP contribution in [0, 0.1) is 0 Å². The zero-order valence-electron chi connectivity index (χ0n) is 13.2. The molecule has 0 bridgehead atoms. The predicted octanol–water partition coefficient (Wildman–Crippen LogP) is 1.47. The number of carbonyl (C=O) groups is 2. The molecule has 0 heterocycles. The molecule has 1 aromatic carbocycles. The Bertz CT molecular complexity index is 615. The van der Waals surface area contributed by atoms with Crippen LogP contribution in [0.25, 0.3) is 0 Å². The Morgan fingerprint density at radius 2 is 1.79 bits per heavy atom. The number of alkyl halides is 3. The molecule has 1 rings (SSSR count). The van der Waals surface area contributed by atoms with Crippen LogP contribution in [0.4, 0.5) is 18.9 Å². The second-order valence-electron chi connectivity index (χ2n) is 5.04. The maximum Gasteiger partial charge on any atom is 0.471 e. The maximum atomic E-state index is 12.2. The van der Waals surface area contributed by atoms with Gasteiger partial charge in [0.1, 0.15) is 5.70 Å². The zero-order valence-corrected chi connectivity index (χ0v) is 13.2. The first-order chi connectivity index (χ1) is 11.1. The SMILES string of the molecule is CN/C(C[C@H](C)NC(=O)C(F)(F)F)=C(/N)C(=O)Nc1ccccc1. The van der Waals surface area contributed by atoms with Crippen molar-refractivity contribution < 1.29 is 22.8 Å². The fourth-order valence-corrected chi connectivity index (χ4v) is 1.87. The maximum absolute atomic E-state index is 12.2. The van der Waals surface area contributed by atoms with Crippen LogP contribution in [0.1, 0.15) is 13.3 Å². The number of amides is 2. The minimum atomic E-state index is -4.96. The number of rotatable bonds is 6. The first-order valence-electron chi connectivity index (χ1n) is 7.05. The number of hydrogen-bond donors (Lipinski definition) is 4. The molecule has 0 spiro atoms. The predicted molar refractivity (Wildman–Crippen MR) is 83.6 cm³/mol. The Morgan fingerprint density at radius 3 is 2.29 bits per heavy atom. The lowest BCUT2D eigenvalue weighted by molar-refractivity contribution is -0.174. The molecule has 0 aliphatic carbocycles. The summed E-state index contributed by atoms with van der Waals surface area (Å²) in [5.41, 5.74) is 6.33. The van der Waals surface area contributed by atoms with Gasteiger partial charge in [-0.15, -0.1) is 0 Å². The molecule has 0 saturated carbocycles. The molecule has 6 nitrogen and oxygen atoms in total. The third kappa shape index (κ3) is 5.82. The van der Waals surface area contributed by atoms with Gasteiger partial charge in [-0.3, -0.25) is 9.59 Å². The van der Waals surface area contributed by atoms with Crippen LogP contribution in [0.2, 0.25) is 0 Å². The van der Waals surface area contributed by atoms with E-state index in [2.05, 4.69) is 10.6 Å². The number of carbonyl (C=O) groups excluding carboxylic acids is 2. The number of hydrogen-bond acceptors (Lipinski definition) is 4. The molecule has 0 unspecified atom stereocenters. The molecule has 0 radical (unpaired) electrons. The van der Waals surface area contributed by atoms with Crippen LogP contribution < -0.4 is 21.7 Å². The summed E-state index contributed by atoms with van der Waals surface area (Å²) in [4.78, 5) is 23.0. The van der Waals surface area contributed by atoms with Crippen LogP contribution in [0.5, 0.6) is 0 Å². The van der Waals surface area contributed by atoms with Crippen molar-refractivity contribution in [2.24, 2.45) is 5.73 Å². The van der Waals surface area contributed by atoms with Crippen LogP contribution in [-0.2, 0) is 9.59 Å². The second-order valence-corrected chi connectivity index (χ2v) is 5.04. The van der Waals surface area contributed by atoms with Crippen molar-refractivity contribution >= 4 is 17.5 Å². The van der Waals surface area contributed by atoms with E-state index in [0.717, 1.165) is 0 Å². The highest BCUT2D eigenvalue weighted by molar-refractivity contribution is 6.03. The van der Waals surface area contributed by atoms with E-state index in [1.807, 2.05) is 0 Å². The summed E-state index contributed by atoms with van der Waals surface area (Å²) >= 11 is 0. The van der Waals surface area contributed by atoms with Crippen molar-refractivity contribution in [3.63, 3.8) is 0 Å². The van der Waals surface area contributed by atoms with Crippen molar-refractivity contribution in [1.82, 2.24) is 10.6 Å². The van der Waals surface area contributed by atoms with Crippen molar-refractivity contribution in [2.75, 3.05) is 12.4 Å². The number of benzene rings is 1. The zero-order chi connectivity index (χ0) is 18.3. The number of nitrogens with one attached hydrogen (secondary N) is 3. The van der Waals surface area contributed by atoms with Gasteiger partial charge < -0.3 is 21.7 Å². The fourth-order valence-electron chi connectivity index (χ4n) is 1.87. The average Bonchev–Trinajstić information content (AvgIpc) is 2.51. The summed E-state index contributed by atoms with van der Waals surface area (Å²) in [6.07, 6.45) is -5.03. The highest BCUT2D eigenvalue weighted by Gasteiger charge is 2.39. The number of halogens is 3. The van der Waals surface area contributed by atoms with Gasteiger partial charge in [0.25, 0.3) is 5.91 Å². The number of para-hydroxylation sites is 1. The van der Waals surface area contributed by atoms with Gasteiger partial charge in [-0.1, -0.05) is 18.2 Å². The van der Waals surface area contributed by atoms with Crippen LogP contribution in [-0.4, -0.2) is 31.1 Å². The van der Waals surface area contributed by atoms with E-state index in [1.54, 1.807) is 35.6 Å². The van der Waals surface area contributed by atoms with Gasteiger partial charge in [-0.05, 0) is 19.1 Å². The first kappa shape index (κ1) is 19.3. The molecule has 0 aliphatic rings. The van der Waals surface area contributed by atoms with Crippen LogP contribution in [0.3, 0.4) is 0 Å². The monoisotopic (exact) mass is 344 g/mol.